The van der Waals surface area contributed by atoms with Crippen LogP contribution in [0.5, 0.6) is 5.75 Å². The molecule has 1 aliphatic heterocycles. The molecule has 0 bridgehead atoms. The van der Waals surface area contributed by atoms with E-state index in [9.17, 15) is 9.18 Å². The van der Waals surface area contributed by atoms with Crippen LogP contribution >= 0.6 is 0 Å². The lowest BCUT2D eigenvalue weighted by Gasteiger charge is -2.38. The molecule has 0 spiro atoms. The number of hydrogen-bond acceptors (Lipinski definition) is 4. The van der Waals surface area contributed by atoms with Crippen LogP contribution < -0.4 is 15.0 Å². The number of carbonyl (C=O) groups is 1. The number of carbonyl (C=O) groups excluding carboxylic acids is 1. The summed E-state index contributed by atoms with van der Waals surface area (Å²) in [5.74, 6) is 0.557. The number of para-hydroxylation sites is 1. The number of halogens is 1. The second-order valence-electron chi connectivity index (χ2n) is 7.15. The van der Waals surface area contributed by atoms with E-state index in [1.807, 2.05) is 38.1 Å². The van der Waals surface area contributed by atoms with Crippen molar-refractivity contribution >= 4 is 11.6 Å². The van der Waals surface area contributed by atoms with E-state index < -0.39 is 0 Å². The fraction of sp³-hybridized carbons (Fsp3) is 0.409. The summed E-state index contributed by atoms with van der Waals surface area (Å²) in [5.41, 5.74) is 1.98. The minimum Gasteiger partial charge on any atom is -0.496 e. The van der Waals surface area contributed by atoms with E-state index in [0.29, 0.717) is 0 Å². The van der Waals surface area contributed by atoms with Crippen LogP contribution in [0.3, 0.4) is 0 Å². The molecule has 0 radical (unpaired) electrons. The predicted octanol–water partition coefficient (Wildman–Crippen LogP) is 3.22. The molecular weight excluding hydrogens is 357 g/mol. The van der Waals surface area contributed by atoms with Gasteiger partial charge in [0.15, 0.2) is 0 Å². The topological polar surface area (TPSA) is 44.8 Å². The minimum absolute atomic E-state index is 0.00800. The van der Waals surface area contributed by atoms with Crippen molar-refractivity contribution in [2.24, 2.45) is 0 Å². The van der Waals surface area contributed by atoms with Crippen LogP contribution in [0.2, 0.25) is 0 Å². The van der Waals surface area contributed by atoms with Crippen LogP contribution in [0.25, 0.3) is 0 Å². The van der Waals surface area contributed by atoms with Gasteiger partial charge in [0.25, 0.3) is 0 Å². The van der Waals surface area contributed by atoms with Crippen molar-refractivity contribution in [2.45, 2.75) is 25.9 Å². The summed E-state index contributed by atoms with van der Waals surface area (Å²) in [5, 5.41) is 3.10. The Morgan fingerprint density at radius 2 is 1.68 bits per heavy atom. The molecule has 150 valence electrons. The number of methoxy groups -OCH3 is 1. The van der Waals surface area contributed by atoms with Gasteiger partial charge in [-0.3, -0.25) is 9.69 Å². The quantitative estimate of drug-likeness (QED) is 0.829. The summed E-state index contributed by atoms with van der Waals surface area (Å²) in [6.45, 7) is 7.10. The lowest BCUT2D eigenvalue weighted by atomic mass is 10.1. The number of anilines is 1. The molecule has 1 aliphatic rings. The smallest absolute Gasteiger partial charge is 0.237 e. The average Bonchev–Trinajstić information content (AvgIpc) is 2.73. The Balaban J connectivity index is 1.55. The first-order chi connectivity index (χ1) is 13.5. The Hall–Kier alpha value is -2.60. The van der Waals surface area contributed by atoms with Crippen molar-refractivity contribution in [3.8, 4) is 5.75 Å². The fourth-order valence-corrected chi connectivity index (χ4v) is 3.62. The van der Waals surface area contributed by atoms with Crippen molar-refractivity contribution in [1.82, 2.24) is 10.2 Å². The largest absolute Gasteiger partial charge is 0.496 e. The molecule has 1 saturated heterocycles. The highest BCUT2D eigenvalue weighted by molar-refractivity contribution is 5.81. The third-order valence-electron chi connectivity index (χ3n) is 5.40. The molecule has 1 fully saturated rings. The second-order valence-corrected chi connectivity index (χ2v) is 7.15. The van der Waals surface area contributed by atoms with Crippen LogP contribution in [-0.2, 0) is 4.79 Å². The number of amides is 1. The fourth-order valence-electron chi connectivity index (χ4n) is 3.62. The monoisotopic (exact) mass is 385 g/mol. The maximum absolute atomic E-state index is 13.1. The van der Waals surface area contributed by atoms with Gasteiger partial charge in [-0.25, -0.2) is 4.39 Å². The third kappa shape index (κ3) is 4.62. The van der Waals surface area contributed by atoms with E-state index in [2.05, 4.69) is 15.1 Å². The van der Waals surface area contributed by atoms with Crippen molar-refractivity contribution in [3.05, 3.63) is 59.9 Å². The SMILES string of the molecule is COc1ccccc1C(C)NC(=O)C(C)N1CCN(c2ccc(F)cc2)CC1. The highest BCUT2D eigenvalue weighted by Gasteiger charge is 2.27. The summed E-state index contributed by atoms with van der Waals surface area (Å²) in [7, 11) is 1.64. The second kappa shape index (κ2) is 9.06. The zero-order valence-electron chi connectivity index (χ0n) is 16.7. The molecule has 2 atom stereocenters. The summed E-state index contributed by atoms with van der Waals surface area (Å²) >= 11 is 0. The zero-order valence-corrected chi connectivity index (χ0v) is 16.7. The van der Waals surface area contributed by atoms with E-state index in [-0.39, 0.29) is 23.8 Å². The van der Waals surface area contributed by atoms with Gasteiger partial charge in [-0.2, -0.15) is 0 Å². The van der Waals surface area contributed by atoms with Gasteiger partial charge in [0, 0.05) is 37.4 Å². The van der Waals surface area contributed by atoms with Crippen LogP contribution in [0, 0.1) is 5.82 Å². The number of nitrogens with zero attached hydrogens (tertiary/aromatic N) is 2. The van der Waals surface area contributed by atoms with Gasteiger partial charge < -0.3 is 15.0 Å². The molecule has 0 saturated carbocycles. The maximum atomic E-state index is 13.1. The van der Waals surface area contributed by atoms with Gasteiger partial charge in [-0.1, -0.05) is 18.2 Å². The Bertz CT molecular complexity index is 789. The molecule has 2 unspecified atom stereocenters. The van der Waals surface area contributed by atoms with Crippen LogP contribution in [0.1, 0.15) is 25.5 Å². The Morgan fingerprint density at radius 1 is 1.04 bits per heavy atom. The highest BCUT2D eigenvalue weighted by atomic mass is 19.1. The first-order valence-corrected chi connectivity index (χ1v) is 9.67. The van der Waals surface area contributed by atoms with Crippen LogP contribution in [0.15, 0.2) is 48.5 Å². The van der Waals surface area contributed by atoms with Gasteiger partial charge in [-0.05, 0) is 44.2 Å². The first-order valence-electron chi connectivity index (χ1n) is 9.67. The molecule has 1 amide bonds. The molecule has 0 aliphatic carbocycles. The number of nitrogens with one attached hydrogen (secondary N) is 1. The predicted molar refractivity (Wildman–Crippen MR) is 109 cm³/mol. The zero-order chi connectivity index (χ0) is 20.1. The van der Waals surface area contributed by atoms with Crippen molar-refractivity contribution < 1.29 is 13.9 Å². The molecule has 5 nitrogen and oxygen atoms in total. The Kier molecular flexibility index (Phi) is 6.52. The normalized spacial score (nSPS) is 17.1. The molecule has 3 rings (SSSR count). The summed E-state index contributed by atoms with van der Waals surface area (Å²) < 4.78 is 18.5. The van der Waals surface area contributed by atoms with Gasteiger partial charge in [-0.15, -0.1) is 0 Å². The highest BCUT2D eigenvalue weighted by Crippen LogP contribution is 2.24. The first kappa shape index (κ1) is 20.1. The van der Waals surface area contributed by atoms with Crippen molar-refractivity contribution in [2.75, 3.05) is 38.2 Å². The Morgan fingerprint density at radius 3 is 2.32 bits per heavy atom. The summed E-state index contributed by atoms with van der Waals surface area (Å²) in [6.07, 6.45) is 0. The summed E-state index contributed by atoms with van der Waals surface area (Å²) in [6, 6.07) is 13.9. The number of piperazine rings is 1. The molecule has 2 aromatic carbocycles. The van der Waals surface area contributed by atoms with E-state index in [1.165, 1.54) is 12.1 Å². The van der Waals surface area contributed by atoms with E-state index in [0.717, 1.165) is 43.2 Å². The maximum Gasteiger partial charge on any atom is 0.237 e. The van der Waals surface area contributed by atoms with Gasteiger partial charge in [0.2, 0.25) is 5.91 Å². The van der Waals surface area contributed by atoms with Gasteiger partial charge in [0.05, 0.1) is 19.2 Å². The van der Waals surface area contributed by atoms with Crippen LogP contribution in [-0.4, -0.2) is 50.1 Å². The molecule has 6 heteroatoms. The Labute approximate surface area is 166 Å². The van der Waals surface area contributed by atoms with Crippen molar-refractivity contribution in [1.29, 1.82) is 0 Å². The van der Waals surface area contributed by atoms with Gasteiger partial charge in [0.1, 0.15) is 11.6 Å². The molecule has 0 aromatic heterocycles. The van der Waals surface area contributed by atoms with E-state index in [1.54, 1.807) is 19.2 Å². The molecule has 1 N–H and O–H groups in total. The lowest BCUT2D eigenvalue weighted by molar-refractivity contribution is -0.126. The number of hydrogen-bond donors (Lipinski definition) is 1. The average molecular weight is 385 g/mol. The number of benzene rings is 2. The molecule has 2 aromatic rings. The summed E-state index contributed by atoms with van der Waals surface area (Å²) in [4.78, 5) is 17.2. The number of ether oxygens (including phenoxy) is 1. The molecule has 28 heavy (non-hydrogen) atoms. The third-order valence-corrected chi connectivity index (χ3v) is 5.40. The minimum atomic E-state index is -0.225. The molecule has 1 heterocycles. The van der Waals surface area contributed by atoms with Crippen LogP contribution in [0.4, 0.5) is 10.1 Å². The van der Waals surface area contributed by atoms with Crippen molar-refractivity contribution in [3.63, 3.8) is 0 Å². The molecular formula is C22H28FN3O2. The van der Waals surface area contributed by atoms with Gasteiger partial charge >= 0.3 is 0 Å². The standard InChI is InChI=1S/C22H28FN3O2/c1-16(20-6-4-5-7-21(20)28-3)24-22(27)17(2)25-12-14-26(15-13-25)19-10-8-18(23)9-11-19/h4-11,16-17H,12-15H2,1-3H3,(H,24,27). The lowest BCUT2D eigenvalue weighted by Crippen LogP contribution is -2.54. The van der Waals surface area contributed by atoms with E-state index in [4.69, 9.17) is 4.74 Å². The number of rotatable bonds is 6. The van der Waals surface area contributed by atoms with E-state index >= 15 is 0 Å².